The lowest BCUT2D eigenvalue weighted by Crippen LogP contribution is -2.21. The van der Waals surface area contributed by atoms with E-state index in [4.69, 9.17) is 5.73 Å². The molecule has 0 aliphatic carbocycles. The van der Waals surface area contributed by atoms with Crippen LogP contribution in [0.25, 0.3) is 17.1 Å². The van der Waals surface area contributed by atoms with E-state index in [9.17, 15) is 14.9 Å². The van der Waals surface area contributed by atoms with Gasteiger partial charge in [-0.05, 0) is 54.0 Å². The van der Waals surface area contributed by atoms with Crippen molar-refractivity contribution in [3.63, 3.8) is 0 Å². The van der Waals surface area contributed by atoms with E-state index in [-0.39, 0.29) is 28.7 Å². The second-order valence-corrected chi connectivity index (χ2v) is 7.44. The molecule has 4 rings (SSSR count). The number of benzene rings is 2. The SMILES string of the molecule is CCN(CC)c1ccc(/C=N/NC(=O)c2nnn(-c3nonc3N)c2-c2ccc([N+](=O)[O-])cc2)cc1. The number of non-ortho nitro benzene ring substituents is 1. The van der Waals surface area contributed by atoms with E-state index >= 15 is 0 Å². The van der Waals surface area contributed by atoms with Crippen molar-refractivity contribution in [2.24, 2.45) is 5.10 Å². The molecule has 36 heavy (non-hydrogen) atoms. The van der Waals surface area contributed by atoms with Gasteiger partial charge in [0, 0.05) is 36.5 Å². The lowest BCUT2D eigenvalue weighted by molar-refractivity contribution is -0.384. The van der Waals surface area contributed by atoms with Gasteiger partial charge in [0.15, 0.2) is 5.69 Å². The van der Waals surface area contributed by atoms with E-state index in [0.717, 1.165) is 29.0 Å². The van der Waals surface area contributed by atoms with Crippen molar-refractivity contribution in [1.29, 1.82) is 0 Å². The standard InChI is InChI=1S/C22H22N10O4/c1-3-30(4-2)16-9-5-14(6-10-16)13-24-26-22(33)18-19(15-7-11-17(12-8-15)32(34)35)31(29-25-18)21-20(23)27-36-28-21/h5-13H,3-4H2,1-2H3,(H2,23,27)(H,26,33)/b24-13+. The van der Waals surface area contributed by atoms with Gasteiger partial charge in [0.2, 0.25) is 11.6 Å². The van der Waals surface area contributed by atoms with E-state index in [2.05, 4.69) is 54.5 Å². The number of hydrogen-bond acceptors (Lipinski definition) is 11. The first-order chi connectivity index (χ1) is 17.4. The highest BCUT2D eigenvalue weighted by atomic mass is 16.6. The minimum absolute atomic E-state index is 0.00620. The summed E-state index contributed by atoms with van der Waals surface area (Å²) < 4.78 is 5.80. The van der Waals surface area contributed by atoms with Gasteiger partial charge in [-0.3, -0.25) is 14.9 Å². The fourth-order valence-electron chi connectivity index (χ4n) is 3.50. The monoisotopic (exact) mass is 490 g/mol. The predicted octanol–water partition coefficient (Wildman–Crippen LogP) is 2.42. The molecule has 0 radical (unpaired) electrons. The van der Waals surface area contributed by atoms with Gasteiger partial charge in [0.25, 0.3) is 11.6 Å². The van der Waals surface area contributed by atoms with Crippen LogP contribution in [0.5, 0.6) is 0 Å². The molecule has 0 fully saturated rings. The summed E-state index contributed by atoms with van der Waals surface area (Å²) in [5.74, 6) is -0.742. The van der Waals surface area contributed by atoms with Crippen LogP contribution in [0, 0.1) is 10.1 Å². The summed E-state index contributed by atoms with van der Waals surface area (Å²) in [5, 5.41) is 30.2. The van der Waals surface area contributed by atoms with E-state index in [0.29, 0.717) is 5.56 Å². The van der Waals surface area contributed by atoms with Crippen LogP contribution < -0.4 is 16.1 Å². The van der Waals surface area contributed by atoms with Crippen LogP contribution in [0.1, 0.15) is 29.9 Å². The molecule has 0 atom stereocenters. The summed E-state index contributed by atoms with van der Waals surface area (Å²) in [5.41, 5.74) is 10.4. The van der Waals surface area contributed by atoms with Gasteiger partial charge in [-0.25, -0.2) is 10.1 Å². The molecule has 0 aliphatic heterocycles. The molecule has 0 saturated heterocycles. The zero-order valence-electron chi connectivity index (χ0n) is 19.4. The number of anilines is 2. The van der Waals surface area contributed by atoms with Crippen LogP contribution in [0.2, 0.25) is 0 Å². The highest BCUT2D eigenvalue weighted by molar-refractivity contribution is 5.98. The number of nitrogens with zero attached hydrogens (tertiary/aromatic N) is 8. The number of carbonyl (C=O) groups is 1. The Morgan fingerprint density at radius 3 is 2.44 bits per heavy atom. The Hall–Kier alpha value is -5.14. The lowest BCUT2D eigenvalue weighted by Gasteiger charge is -2.20. The number of carbonyl (C=O) groups excluding carboxylic acids is 1. The maximum absolute atomic E-state index is 12.9. The summed E-state index contributed by atoms with van der Waals surface area (Å²) >= 11 is 0. The number of aromatic nitrogens is 5. The molecule has 14 heteroatoms. The minimum atomic E-state index is -0.666. The number of nitrogens with one attached hydrogen (secondary N) is 1. The number of nitro groups is 1. The van der Waals surface area contributed by atoms with Crippen molar-refractivity contribution < 1.29 is 14.3 Å². The van der Waals surface area contributed by atoms with Crippen molar-refractivity contribution in [2.45, 2.75) is 13.8 Å². The maximum atomic E-state index is 12.9. The molecular weight excluding hydrogens is 468 g/mol. The van der Waals surface area contributed by atoms with Crippen molar-refractivity contribution in [1.82, 2.24) is 30.7 Å². The lowest BCUT2D eigenvalue weighted by atomic mass is 10.1. The first kappa shape index (κ1) is 24.0. The zero-order valence-corrected chi connectivity index (χ0v) is 19.4. The van der Waals surface area contributed by atoms with Crippen molar-refractivity contribution in [2.75, 3.05) is 23.7 Å². The molecule has 0 unspecified atom stereocenters. The smallest absolute Gasteiger partial charge is 0.294 e. The summed E-state index contributed by atoms with van der Waals surface area (Å²) in [6, 6.07) is 13.2. The molecule has 1 amide bonds. The molecule has 0 aliphatic rings. The average molecular weight is 490 g/mol. The number of rotatable bonds is 9. The third kappa shape index (κ3) is 4.86. The van der Waals surface area contributed by atoms with Crippen LogP contribution in [0.3, 0.4) is 0 Å². The van der Waals surface area contributed by atoms with Gasteiger partial charge >= 0.3 is 0 Å². The number of amides is 1. The van der Waals surface area contributed by atoms with E-state index in [1.54, 1.807) is 0 Å². The molecule has 14 nitrogen and oxygen atoms in total. The molecule has 3 N–H and O–H groups in total. The van der Waals surface area contributed by atoms with E-state index < -0.39 is 10.8 Å². The molecule has 2 aromatic carbocycles. The van der Waals surface area contributed by atoms with Gasteiger partial charge in [0.1, 0.15) is 5.69 Å². The Bertz CT molecular complexity index is 1390. The van der Waals surface area contributed by atoms with Gasteiger partial charge in [-0.2, -0.15) is 9.78 Å². The molecule has 0 bridgehead atoms. The van der Waals surface area contributed by atoms with Crippen LogP contribution in [-0.4, -0.2) is 55.4 Å². The Kier molecular flexibility index (Phi) is 6.95. The van der Waals surface area contributed by atoms with Crippen molar-refractivity contribution in [3.05, 3.63) is 69.9 Å². The van der Waals surface area contributed by atoms with Crippen molar-refractivity contribution in [3.8, 4) is 17.1 Å². The number of nitro benzene ring substituents is 1. The van der Waals surface area contributed by atoms with E-state index in [1.807, 2.05) is 24.3 Å². The first-order valence-corrected chi connectivity index (χ1v) is 10.9. The Morgan fingerprint density at radius 2 is 1.86 bits per heavy atom. The van der Waals surface area contributed by atoms with E-state index in [1.165, 1.54) is 30.5 Å². The fourth-order valence-corrected chi connectivity index (χ4v) is 3.50. The molecule has 0 spiro atoms. The molecule has 0 saturated carbocycles. The number of nitrogens with two attached hydrogens (primary N) is 1. The number of nitrogen functional groups attached to an aromatic ring is 1. The largest absolute Gasteiger partial charge is 0.378 e. The Morgan fingerprint density at radius 1 is 1.17 bits per heavy atom. The topological polar surface area (TPSA) is 183 Å². The van der Waals surface area contributed by atoms with Crippen LogP contribution in [0.4, 0.5) is 17.2 Å². The van der Waals surface area contributed by atoms with Crippen LogP contribution >= 0.6 is 0 Å². The highest BCUT2D eigenvalue weighted by Crippen LogP contribution is 2.28. The minimum Gasteiger partial charge on any atom is -0.378 e. The van der Waals surface area contributed by atoms with Crippen LogP contribution in [-0.2, 0) is 0 Å². The second kappa shape index (κ2) is 10.4. The van der Waals surface area contributed by atoms with Gasteiger partial charge < -0.3 is 10.6 Å². The van der Waals surface area contributed by atoms with Gasteiger partial charge in [-0.15, -0.1) is 5.10 Å². The third-order valence-electron chi connectivity index (χ3n) is 5.33. The predicted molar refractivity (Wildman–Crippen MR) is 131 cm³/mol. The summed E-state index contributed by atoms with van der Waals surface area (Å²) in [6.07, 6.45) is 1.50. The maximum Gasteiger partial charge on any atom is 0.294 e. The summed E-state index contributed by atoms with van der Waals surface area (Å²) in [6.45, 7) is 5.97. The van der Waals surface area contributed by atoms with Crippen molar-refractivity contribution >= 4 is 29.3 Å². The van der Waals surface area contributed by atoms with Gasteiger partial charge in [-0.1, -0.05) is 17.3 Å². The third-order valence-corrected chi connectivity index (χ3v) is 5.33. The number of hydrogen-bond donors (Lipinski definition) is 2. The Balaban J connectivity index is 1.60. The molecule has 184 valence electrons. The Labute approximate surface area is 204 Å². The molecule has 2 aromatic heterocycles. The molecule has 4 aromatic rings. The fraction of sp³-hybridized carbons (Fsp3) is 0.182. The number of hydrazone groups is 1. The zero-order chi connectivity index (χ0) is 25.7. The molecular formula is C22H22N10O4. The average Bonchev–Trinajstić information content (AvgIpc) is 3.51. The van der Waals surface area contributed by atoms with Crippen LogP contribution in [0.15, 0.2) is 58.3 Å². The first-order valence-electron chi connectivity index (χ1n) is 10.9. The molecule has 2 heterocycles. The normalized spacial score (nSPS) is 11.1. The quantitative estimate of drug-likeness (QED) is 0.201. The summed E-state index contributed by atoms with van der Waals surface area (Å²) in [4.78, 5) is 25.7. The highest BCUT2D eigenvalue weighted by Gasteiger charge is 2.25. The summed E-state index contributed by atoms with van der Waals surface area (Å²) in [7, 11) is 0. The van der Waals surface area contributed by atoms with Gasteiger partial charge in [0.05, 0.1) is 11.1 Å². The second-order valence-electron chi connectivity index (χ2n) is 7.44.